The lowest BCUT2D eigenvalue weighted by Gasteiger charge is -2.10. The largest absolute Gasteiger partial charge is 0.463 e. The summed E-state index contributed by atoms with van der Waals surface area (Å²) in [5, 5.41) is -0.444. The minimum atomic E-state index is -0.643. The summed E-state index contributed by atoms with van der Waals surface area (Å²) in [6.07, 6.45) is 1.63. The molecule has 1 aliphatic heterocycles. The van der Waals surface area contributed by atoms with Gasteiger partial charge in [-0.15, -0.1) is 0 Å². The maximum absolute atomic E-state index is 14.3. The van der Waals surface area contributed by atoms with Crippen molar-refractivity contribution in [2.24, 2.45) is 0 Å². The van der Waals surface area contributed by atoms with Crippen LogP contribution < -0.4 is 0 Å². The molecular formula is C23H19FN2O5S. The van der Waals surface area contributed by atoms with Gasteiger partial charge in [-0.05, 0) is 67.6 Å². The topological polar surface area (TPSA) is 81.8 Å². The molecule has 2 amide bonds. The molecule has 3 heterocycles. The van der Waals surface area contributed by atoms with E-state index in [1.54, 1.807) is 28.8 Å². The zero-order valence-electron chi connectivity index (χ0n) is 17.5. The lowest BCUT2D eigenvalue weighted by molar-refractivity contribution is -0.123. The van der Waals surface area contributed by atoms with E-state index >= 15 is 0 Å². The first-order valence-corrected chi connectivity index (χ1v) is 10.5. The van der Waals surface area contributed by atoms with Gasteiger partial charge in [0.05, 0.1) is 24.2 Å². The van der Waals surface area contributed by atoms with Crippen molar-refractivity contribution in [1.82, 2.24) is 9.47 Å². The van der Waals surface area contributed by atoms with Crippen molar-refractivity contribution < 1.29 is 27.9 Å². The number of halogens is 1. The molecule has 1 aliphatic rings. The molecule has 0 unspecified atom stereocenters. The Morgan fingerprint density at radius 3 is 2.66 bits per heavy atom. The first-order chi connectivity index (χ1) is 15.3. The van der Waals surface area contributed by atoms with Gasteiger partial charge >= 0.3 is 5.97 Å². The number of furan rings is 1. The SMILES string of the molecule is COC(=O)c1ccc(CN2C(=O)S/C(=C/c3cc(C)n(-c4ccccc4F)c3C)C2=O)o1. The van der Waals surface area contributed by atoms with Gasteiger partial charge in [0, 0.05) is 11.4 Å². The highest BCUT2D eigenvalue weighted by Crippen LogP contribution is 2.35. The summed E-state index contributed by atoms with van der Waals surface area (Å²) in [4.78, 5) is 38.1. The van der Waals surface area contributed by atoms with Crippen molar-refractivity contribution in [2.45, 2.75) is 20.4 Å². The zero-order chi connectivity index (χ0) is 23.0. The molecule has 1 fully saturated rings. The number of benzene rings is 1. The van der Waals surface area contributed by atoms with Gasteiger partial charge in [0.15, 0.2) is 0 Å². The average Bonchev–Trinajstić information content (AvgIpc) is 3.42. The second-order valence-corrected chi connectivity index (χ2v) is 8.13. The first-order valence-electron chi connectivity index (χ1n) is 9.66. The van der Waals surface area contributed by atoms with Gasteiger partial charge in [-0.3, -0.25) is 14.5 Å². The maximum Gasteiger partial charge on any atom is 0.373 e. The molecule has 4 rings (SSSR count). The van der Waals surface area contributed by atoms with E-state index in [4.69, 9.17) is 4.42 Å². The number of hydrogen-bond acceptors (Lipinski definition) is 6. The number of carbonyl (C=O) groups excluding carboxylic acids is 3. The van der Waals surface area contributed by atoms with Crippen LogP contribution >= 0.6 is 11.8 Å². The van der Waals surface area contributed by atoms with Crippen LogP contribution in [0.3, 0.4) is 0 Å². The van der Waals surface area contributed by atoms with Crippen molar-refractivity contribution in [3.05, 3.63) is 81.7 Å². The molecule has 0 saturated carbocycles. The van der Waals surface area contributed by atoms with Crippen LogP contribution in [-0.2, 0) is 16.1 Å². The summed E-state index contributed by atoms with van der Waals surface area (Å²) >= 11 is 0.818. The molecule has 2 aromatic heterocycles. The Morgan fingerprint density at radius 2 is 1.94 bits per heavy atom. The van der Waals surface area contributed by atoms with E-state index in [-0.39, 0.29) is 28.8 Å². The Balaban J connectivity index is 1.60. The highest BCUT2D eigenvalue weighted by Gasteiger charge is 2.36. The fourth-order valence-electron chi connectivity index (χ4n) is 3.54. The summed E-state index contributed by atoms with van der Waals surface area (Å²) in [6, 6.07) is 11.2. The second-order valence-electron chi connectivity index (χ2n) is 7.14. The van der Waals surface area contributed by atoms with Crippen LogP contribution in [0.4, 0.5) is 9.18 Å². The Morgan fingerprint density at radius 1 is 1.19 bits per heavy atom. The minimum absolute atomic E-state index is 0.00871. The van der Waals surface area contributed by atoms with Crippen LogP contribution in [0.2, 0.25) is 0 Å². The number of esters is 1. The average molecular weight is 454 g/mol. The number of nitrogens with zero attached hydrogens (tertiary/aromatic N) is 2. The molecule has 164 valence electrons. The molecule has 9 heteroatoms. The zero-order valence-corrected chi connectivity index (χ0v) is 18.4. The van der Waals surface area contributed by atoms with Gasteiger partial charge in [-0.2, -0.15) is 0 Å². The van der Waals surface area contributed by atoms with Crippen molar-refractivity contribution >= 4 is 35.0 Å². The van der Waals surface area contributed by atoms with E-state index in [0.29, 0.717) is 11.3 Å². The normalized spacial score (nSPS) is 15.1. The highest BCUT2D eigenvalue weighted by molar-refractivity contribution is 8.18. The van der Waals surface area contributed by atoms with Gasteiger partial charge in [0.25, 0.3) is 11.1 Å². The smallest absolute Gasteiger partial charge is 0.373 e. The maximum atomic E-state index is 14.3. The van der Waals surface area contributed by atoms with Gasteiger partial charge in [-0.25, -0.2) is 9.18 Å². The molecule has 0 N–H and O–H groups in total. The molecule has 0 atom stereocenters. The van der Waals surface area contributed by atoms with E-state index < -0.39 is 17.1 Å². The van der Waals surface area contributed by atoms with Crippen molar-refractivity contribution in [3.8, 4) is 5.69 Å². The van der Waals surface area contributed by atoms with E-state index in [1.165, 1.54) is 25.3 Å². The summed E-state index contributed by atoms with van der Waals surface area (Å²) in [6.45, 7) is 3.57. The Labute approximate surface area is 187 Å². The van der Waals surface area contributed by atoms with Crippen molar-refractivity contribution in [3.63, 3.8) is 0 Å². The molecule has 32 heavy (non-hydrogen) atoms. The predicted molar refractivity (Wildman–Crippen MR) is 117 cm³/mol. The Bertz CT molecular complexity index is 1270. The summed E-state index contributed by atoms with van der Waals surface area (Å²) in [5.74, 6) is -1.19. The van der Waals surface area contributed by atoms with Gasteiger partial charge < -0.3 is 13.7 Å². The van der Waals surface area contributed by atoms with Crippen LogP contribution in [-0.4, -0.2) is 33.7 Å². The quantitative estimate of drug-likeness (QED) is 0.405. The van der Waals surface area contributed by atoms with Gasteiger partial charge in [0.1, 0.15) is 11.6 Å². The van der Waals surface area contributed by atoms with Crippen LogP contribution in [0.15, 0.2) is 51.8 Å². The molecule has 1 aromatic carbocycles. The van der Waals surface area contributed by atoms with E-state index in [2.05, 4.69) is 4.74 Å². The Kier molecular flexibility index (Phi) is 5.75. The van der Waals surface area contributed by atoms with Crippen LogP contribution in [0.25, 0.3) is 11.8 Å². The van der Waals surface area contributed by atoms with E-state index in [9.17, 15) is 18.8 Å². The molecule has 0 spiro atoms. The summed E-state index contributed by atoms with van der Waals surface area (Å²) < 4.78 is 26.0. The molecule has 3 aromatic rings. The van der Waals surface area contributed by atoms with Crippen molar-refractivity contribution in [2.75, 3.05) is 7.11 Å². The number of para-hydroxylation sites is 1. The number of imide groups is 1. The van der Waals surface area contributed by atoms with Crippen LogP contribution in [0.5, 0.6) is 0 Å². The third-order valence-corrected chi connectivity index (χ3v) is 5.99. The number of hydrogen-bond donors (Lipinski definition) is 0. The summed E-state index contributed by atoms with van der Waals surface area (Å²) in [5.41, 5.74) is 2.66. The number of thioether (sulfide) groups is 1. The number of methoxy groups -OCH3 is 1. The fraction of sp³-hybridized carbons (Fsp3) is 0.174. The van der Waals surface area contributed by atoms with Crippen molar-refractivity contribution in [1.29, 1.82) is 0 Å². The number of aryl methyl sites for hydroxylation is 1. The molecule has 0 aliphatic carbocycles. The molecule has 1 saturated heterocycles. The summed E-state index contributed by atoms with van der Waals surface area (Å²) in [7, 11) is 1.23. The number of amides is 2. The van der Waals surface area contributed by atoms with E-state index in [1.807, 2.05) is 19.9 Å². The minimum Gasteiger partial charge on any atom is -0.463 e. The van der Waals surface area contributed by atoms with Crippen LogP contribution in [0, 0.1) is 19.7 Å². The van der Waals surface area contributed by atoms with Gasteiger partial charge in [0.2, 0.25) is 5.76 Å². The van der Waals surface area contributed by atoms with E-state index in [0.717, 1.165) is 28.0 Å². The first kappa shape index (κ1) is 21.6. The lowest BCUT2D eigenvalue weighted by Crippen LogP contribution is -2.27. The van der Waals surface area contributed by atoms with Gasteiger partial charge in [-0.1, -0.05) is 12.1 Å². The monoisotopic (exact) mass is 454 g/mol. The molecule has 0 radical (unpaired) electrons. The molecule has 7 nitrogen and oxygen atoms in total. The van der Waals surface area contributed by atoms with Crippen LogP contribution in [0.1, 0.15) is 33.3 Å². The predicted octanol–water partition coefficient (Wildman–Crippen LogP) is 4.85. The lowest BCUT2D eigenvalue weighted by atomic mass is 10.2. The molecule has 0 bridgehead atoms. The third kappa shape index (κ3) is 3.87. The standard InChI is InChI=1S/C23H19FN2O5S/c1-13-10-15(14(2)26(13)18-7-5-4-6-17(18)24)11-20-21(27)25(23(29)32-20)12-16-8-9-19(31-16)22(28)30-3/h4-11H,12H2,1-3H3/b20-11+. The highest BCUT2D eigenvalue weighted by atomic mass is 32.2. The second kappa shape index (κ2) is 8.51. The number of rotatable bonds is 5. The number of ether oxygens (including phenoxy) is 1. The third-order valence-electron chi connectivity index (χ3n) is 5.09. The molecular weight excluding hydrogens is 435 g/mol. The Hall–Kier alpha value is -3.59. The fourth-order valence-corrected chi connectivity index (χ4v) is 4.37. The number of aromatic nitrogens is 1. The number of carbonyl (C=O) groups is 3.